The van der Waals surface area contributed by atoms with Crippen molar-refractivity contribution in [3.63, 3.8) is 0 Å². The molecule has 0 aromatic carbocycles. The Morgan fingerprint density at radius 2 is 2.22 bits per heavy atom. The molecule has 1 aromatic rings. The smallest absolute Gasteiger partial charge is 0.271 e. The van der Waals surface area contributed by atoms with Crippen molar-refractivity contribution in [1.82, 2.24) is 15.1 Å². The Labute approximate surface area is 107 Å². The van der Waals surface area contributed by atoms with Crippen molar-refractivity contribution < 1.29 is 4.79 Å². The van der Waals surface area contributed by atoms with Crippen LogP contribution in [-0.4, -0.2) is 21.7 Å². The summed E-state index contributed by atoms with van der Waals surface area (Å²) in [5.41, 5.74) is 7.62. The second-order valence-electron chi connectivity index (χ2n) is 5.73. The summed E-state index contributed by atoms with van der Waals surface area (Å²) in [5.74, 6) is 1.42. The lowest BCUT2D eigenvalue weighted by molar-refractivity contribution is 0.0914. The summed E-state index contributed by atoms with van der Waals surface area (Å²) in [4.78, 5) is 12.3. The van der Waals surface area contributed by atoms with Crippen LogP contribution in [0.3, 0.4) is 0 Å². The van der Waals surface area contributed by atoms with Gasteiger partial charge in [-0.15, -0.1) is 0 Å². The van der Waals surface area contributed by atoms with Gasteiger partial charge in [0, 0.05) is 13.1 Å². The summed E-state index contributed by atoms with van der Waals surface area (Å²) in [6.07, 6.45) is 5.01. The van der Waals surface area contributed by atoms with E-state index in [0.29, 0.717) is 23.3 Å². The molecule has 3 atom stereocenters. The number of nitrogens with two attached hydrogens (primary N) is 1. The minimum absolute atomic E-state index is 0.0758. The molecule has 0 saturated heterocycles. The maximum absolute atomic E-state index is 12.3. The number of nitrogens with zero attached hydrogens (tertiary/aromatic N) is 2. The summed E-state index contributed by atoms with van der Waals surface area (Å²) in [6.45, 7) is 1.82. The van der Waals surface area contributed by atoms with E-state index < -0.39 is 0 Å². The third-order valence-corrected chi connectivity index (χ3v) is 4.54. The zero-order chi connectivity index (χ0) is 12.9. The molecule has 2 fully saturated rings. The molecular formula is C13H20N4O. The van der Waals surface area contributed by atoms with Crippen molar-refractivity contribution in [2.75, 3.05) is 5.73 Å². The van der Waals surface area contributed by atoms with Crippen LogP contribution in [-0.2, 0) is 7.05 Å². The van der Waals surface area contributed by atoms with Gasteiger partial charge in [0.15, 0.2) is 0 Å². The number of rotatable bonds is 2. The van der Waals surface area contributed by atoms with Gasteiger partial charge in [-0.1, -0.05) is 6.42 Å². The molecule has 18 heavy (non-hydrogen) atoms. The van der Waals surface area contributed by atoms with E-state index >= 15 is 0 Å². The predicted octanol–water partition coefficient (Wildman–Crippen LogP) is 1.23. The van der Waals surface area contributed by atoms with E-state index in [1.165, 1.54) is 19.3 Å². The van der Waals surface area contributed by atoms with E-state index in [1.807, 2.05) is 6.92 Å². The number of anilines is 1. The molecule has 2 saturated carbocycles. The Bertz CT molecular complexity index is 493. The van der Waals surface area contributed by atoms with Gasteiger partial charge in [-0.2, -0.15) is 5.10 Å². The Kier molecular flexibility index (Phi) is 2.57. The molecular weight excluding hydrogens is 228 g/mol. The molecule has 2 bridgehead atoms. The minimum atomic E-state index is -0.0758. The average Bonchev–Trinajstić information content (AvgIpc) is 2.95. The largest absolute Gasteiger partial charge is 0.395 e. The second-order valence-corrected chi connectivity index (χ2v) is 5.73. The van der Waals surface area contributed by atoms with Gasteiger partial charge in [-0.25, -0.2) is 0 Å². The first kappa shape index (κ1) is 11.6. The zero-order valence-electron chi connectivity index (χ0n) is 10.9. The van der Waals surface area contributed by atoms with Gasteiger partial charge in [0.1, 0.15) is 5.69 Å². The lowest BCUT2D eigenvalue weighted by Crippen LogP contribution is -2.39. The van der Waals surface area contributed by atoms with E-state index in [1.54, 1.807) is 11.7 Å². The molecule has 0 aliphatic heterocycles. The molecule has 5 nitrogen and oxygen atoms in total. The normalized spacial score (nSPS) is 29.8. The number of aryl methyl sites for hydroxylation is 2. The Morgan fingerprint density at radius 1 is 1.44 bits per heavy atom. The number of carbonyl (C=O) groups is 1. The average molecular weight is 248 g/mol. The van der Waals surface area contributed by atoms with E-state index in [2.05, 4.69) is 10.4 Å². The number of aromatic nitrogens is 2. The molecule has 1 amide bonds. The Balaban J connectivity index is 1.75. The predicted molar refractivity (Wildman–Crippen MR) is 69.1 cm³/mol. The second kappa shape index (κ2) is 4.00. The first-order valence-electron chi connectivity index (χ1n) is 6.66. The number of hydrogen-bond acceptors (Lipinski definition) is 3. The first-order chi connectivity index (χ1) is 8.56. The molecule has 2 aliphatic rings. The topological polar surface area (TPSA) is 72.9 Å². The number of fused-ring (bicyclic) bond motifs is 2. The first-order valence-corrected chi connectivity index (χ1v) is 6.66. The maximum Gasteiger partial charge on any atom is 0.271 e. The van der Waals surface area contributed by atoms with E-state index in [-0.39, 0.29) is 5.91 Å². The van der Waals surface area contributed by atoms with Crippen LogP contribution in [0.5, 0.6) is 0 Å². The van der Waals surface area contributed by atoms with Crippen molar-refractivity contribution in [2.24, 2.45) is 18.9 Å². The van der Waals surface area contributed by atoms with Crippen LogP contribution in [0.1, 0.15) is 41.9 Å². The highest BCUT2D eigenvalue weighted by atomic mass is 16.2. The van der Waals surface area contributed by atoms with Crippen LogP contribution >= 0.6 is 0 Å². The van der Waals surface area contributed by atoms with Crippen molar-refractivity contribution in [2.45, 2.75) is 38.6 Å². The molecule has 5 heteroatoms. The molecule has 3 N–H and O–H groups in total. The van der Waals surface area contributed by atoms with Crippen LogP contribution in [0.25, 0.3) is 0 Å². The van der Waals surface area contributed by atoms with Crippen molar-refractivity contribution in [1.29, 1.82) is 0 Å². The fourth-order valence-corrected chi connectivity index (χ4v) is 3.60. The number of carbonyl (C=O) groups excluding carboxylic acids is 1. The molecule has 3 rings (SSSR count). The monoisotopic (exact) mass is 248 g/mol. The highest BCUT2D eigenvalue weighted by molar-refractivity contribution is 5.98. The van der Waals surface area contributed by atoms with E-state index in [9.17, 15) is 4.79 Å². The van der Waals surface area contributed by atoms with Crippen molar-refractivity contribution in [3.05, 3.63) is 11.4 Å². The lowest BCUT2D eigenvalue weighted by Gasteiger charge is -2.22. The third-order valence-electron chi connectivity index (χ3n) is 4.54. The van der Waals surface area contributed by atoms with Gasteiger partial charge >= 0.3 is 0 Å². The number of nitrogens with one attached hydrogen (secondary N) is 1. The SMILES string of the molecule is Cc1nn(C)c(C(=O)NC2CC3CCC2C3)c1N. The Morgan fingerprint density at radius 3 is 2.72 bits per heavy atom. The fraction of sp³-hybridized carbons (Fsp3) is 0.692. The summed E-state index contributed by atoms with van der Waals surface area (Å²) < 4.78 is 1.58. The number of amides is 1. The third kappa shape index (κ3) is 1.69. The molecule has 1 heterocycles. The van der Waals surface area contributed by atoms with Crippen LogP contribution < -0.4 is 11.1 Å². The van der Waals surface area contributed by atoms with Crippen LogP contribution in [0.4, 0.5) is 5.69 Å². The number of nitrogen functional groups attached to an aromatic ring is 1. The molecule has 0 spiro atoms. The Hall–Kier alpha value is -1.52. The summed E-state index contributed by atoms with van der Waals surface area (Å²) in [7, 11) is 1.76. The molecule has 0 radical (unpaired) electrons. The maximum atomic E-state index is 12.3. The zero-order valence-corrected chi connectivity index (χ0v) is 10.9. The highest BCUT2D eigenvalue weighted by Gasteiger charge is 2.40. The van der Waals surface area contributed by atoms with Gasteiger partial charge in [-0.05, 0) is 38.0 Å². The van der Waals surface area contributed by atoms with Crippen molar-refractivity contribution >= 4 is 11.6 Å². The summed E-state index contributed by atoms with van der Waals surface area (Å²) in [6, 6.07) is 0.339. The van der Waals surface area contributed by atoms with Gasteiger partial charge < -0.3 is 11.1 Å². The minimum Gasteiger partial charge on any atom is -0.395 e. The van der Waals surface area contributed by atoms with Gasteiger partial charge in [-0.3, -0.25) is 9.48 Å². The van der Waals surface area contributed by atoms with Gasteiger partial charge in [0.2, 0.25) is 0 Å². The van der Waals surface area contributed by atoms with E-state index in [4.69, 9.17) is 5.73 Å². The lowest BCUT2D eigenvalue weighted by atomic mass is 9.95. The quantitative estimate of drug-likeness (QED) is 0.826. The summed E-state index contributed by atoms with van der Waals surface area (Å²) in [5, 5.41) is 7.33. The highest BCUT2D eigenvalue weighted by Crippen LogP contribution is 2.44. The van der Waals surface area contributed by atoms with Crippen LogP contribution in [0.15, 0.2) is 0 Å². The van der Waals surface area contributed by atoms with Crippen LogP contribution in [0, 0.1) is 18.8 Å². The van der Waals surface area contributed by atoms with E-state index in [0.717, 1.165) is 18.0 Å². The number of hydrogen-bond donors (Lipinski definition) is 2. The molecule has 98 valence electrons. The van der Waals surface area contributed by atoms with Crippen LogP contribution in [0.2, 0.25) is 0 Å². The molecule has 2 aliphatic carbocycles. The van der Waals surface area contributed by atoms with Gasteiger partial charge in [0.05, 0.1) is 11.4 Å². The fourth-order valence-electron chi connectivity index (χ4n) is 3.60. The standard InChI is InChI=1S/C13H20N4O/c1-7-11(14)12(17(2)16-7)13(18)15-10-6-8-3-4-9(10)5-8/h8-10H,3-6,14H2,1-2H3,(H,15,18). The molecule has 1 aromatic heterocycles. The van der Waals surface area contributed by atoms with Gasteiger partial charge in [0.25, 0.3) is 5.91 Å². The van der Waals surface area contributed by atoms with Crippen molar-refractivity contribution in [3.8, 4) is 0 Å². The summed E-state index contributed by atoms with van der Waals surface area (Å²) >= 11 is 0. The molecule has 3 unspecified atom stereocenters.